The number of nitrogens with one attached hydrogen (secondary N) is 1. The van der Waals surface area contributed by atoms with Crippen LogP contribution in [0.1, 0.15) is 16.4 Å². The highest BCUT2D eigenvalue weighted by Crippen LogP contribution is 2.24. The molecule has 1 aromatic carbocycles. The van der Waals surface area contributed by atoms with Crippen molar-refractivity contribution in [1.82, 2.24) is 20.3 Å². The third-order valence-electron chi connectivity index (χ3n) is 3.10. The molecule has 0 amide bonds. The maximum atomic E-state index is 13.6. The maximum Gasteiger partial charge on any atom is 0.152 e. The first kappa shape index (κ1) is 11.0. The first-order valence-corrected chi connectivity index (χ1v) is 5.65. The lowest BCUT2D eigenvalue weighted by Gasteiger charge is -2.28. The molecule has 0 spiro atoms. The molecule has 1 aliphatic heterocycles. The number of hydrogen-bond donors (Lipinski definition) is 1. The Labute approximate surface area is 103 Å². The Bertz CT molecular complexity index is 592. The molecule has 1 saturated heterocycles. The van der Waals surface area contributed by atoms with Gasteiger partial charge in [0.05, 0.1) is 23.5 Å². The first-order chi connectivity index (χ1) is 8.79. The van der Waals surface area contributed by atoms with Crippen LogP contribution in [0.15, 0.2) is 24.4 Å². The number of hydrogen-bond acceptors (Lipinski definition) is 4. The van der Waals surface area contributed by atoms with E-state index in [1.807, 2.05) is 0 Å². The van der Waals surface area contributed by atoms with Crippen LogP contribution in [-0.2, 0) is 0 Å². The molecule has 1 N–H and O–H groups in total. The molecule has 18 heavy (non-hydrogen) atoms. The lowest BCUT2D eigenvalue weighted by Crippen LogP contribution is -2.44. The predicted molar refractivity (Wildman–Crippen MR) is 62.7 cm³/mol. The third kappa shape index (κ3) is 1.70. The molecule has 5 nitrogen and oxygen atoms in total. The maximum absolute atomic E-state index is 13.6. The van der Waals surface area contributed by atoms with Crippen molar-refractivity contribution in [3.05, 3.63) is 35.8 Å². The average molecular weight is 246 g/mol. The number of nitrogens with zero attached hydrogens (tertiary/aromatic N) is 3. The molecule has 92 valence electrons. The van der Waals surface area contributed by atoms with Crippen molar-refractivity contribution in [2.24, 2.45) is 0 Å². The molecule has 2 heterocycles. The predicted octanol–water partition coefficient (Wildman–Crippen LogP) is 1.04. The van der Waals surface area contributed by atoms with E-state index in [1.54, 1.807) is 16.9 Å². The van der Waals surface area contributed by atoms with Crippen LogP contribution in [-0.4, -0.2) is 34.4 Å². The van der Waals surface area contributed by atoms with Gasteiger partial charge >= 0.3 is 0 Å². The van der Waals surface area contributed by atoms with Gasteiger partial charge in [0.1, 0.15) is 5.82 Å². The van der Waals surface area contributed by atoms with E-state index < -0.39 is 5.82 Å². The number of carbonyl (C=O) groups excluding carboxylic acids is 1. The van der Waals surface area contributed by atoms with Gasteiger partial charge in [0, 0.05) is 18.7 Å². The molecule has 3 rings (SSSR count). The van der Waals surface area contributed by atoms with E-state index >= 15 is 0 Å². The molecular formula is C12H11FN4O. The molecule has 1 fully saturated rings. The number of rotatable bonds is 3. The zero-order valence-electron chi connectivity index (χ0n) is 9.51. The molecule has 0 radical (unpaired) electrons. The van der Waals surface area contributed by atoms with E-state index in [9.17, 15) is 9.18 Å². The van der Waals surface area contributed by atoms with Gasteiger partial charge in [0.15, 0.2) is 6.29 Å². The zero-order valence-corrected chi connectivity index (χ0v) is 9.51. The van der Waals surface area contributed by atoms with Gasteiger partial charge in [0.25, 0.3) is 0 Å². The van der Waals surface area contributed by atoms with Crippen molar-refractivity contribution in [2.45, 2.75) is 6.04 Å². The van der Waals surface area contributed by atoms with E-state index in [2.05, 4.69) is 15.6 Å². The van der Waals surface area contributed by atoms with Gasteiger partial charge in [-0.15, -0.1) is 5.10 Å². The van der Waals surface area contributed by atoms with Crippen molar-refractivity contribution < 1.29 is 9.18 Å². The first-order valence-electron chi connectivity index (χ1n) is 5.65. The van der Waals surface area contributed by atoms with Crippen molar-refractivity contribution >= 4 is 6.29 Å². The Morgan fingerprint density at radius 3 is 2.89 bits per heavy atom. The van der Waals surface area contributed by atoms with Crippen LogP contribution in [0.2, 0.25) is 0 Å². The van der Waals surface area contributed by atoms with Gasteiger partial charge < -0.3 is 5.32 Å². The highest BCUT2D eigenvalue weighted by Gasteiger charge is 2.23. The lowest BCUT2D eigenvalue weighted by atomic mass is 10.1. The highest BCUT2D eigenvalue weighted by molar-refractivity contribution is 5.77. The van der Waals surface area contributed by atoms with Crippen LogP contribution in [0.3, 0.4) is 0 Å². The Morgan fingerprint density at radius 1 is 1.44 bits per heavy atom. The number of benzene rings is 1. The van der Waals surface area contributed by atoms with E-state index in [0.29, 0.717) is 11.8 Å². The van der Waals surface area contributed by atoms with Gasteiger partial charge in [-0.3, -0.25) is 4.79 Å². The molecule has 0 unspecified atom stereocenters. The number of carbonyl (C=O) groups is 1. The summed E-state index contributed by atoms with van der Waals surface area (Å²) < 4.78 is 15.4. The minimum absolute atomic E-state index is 0.0584. The molecule has 6 heteroatoms. The number of halogens is 1. The molecule has 1 aromatic heterocycles. The van der Waals surface area contributed by atoms with E-state index in [-0.39, 0.29) is 11.6 Å². The molecule has 0 atom stereocenters. The molecule has 2 aromatic rings. The second kappa shape index (κ2) is 4.30. The van der Waals surface area contributed by atoms with Gasteiger partial charge in [-0.25, -0.2) is 9.07 Å². The van der Waals surface area contributed by atoms with Gasteiger partial charge in [-0.2, -0.15) is 0 Å². The minimum Gasteiger partial charge on any atom is -0.312 e. The minimum atomic E-state index is -0.526. The topological polar surface area (TPSA) is 59.8 Å². The molecule has 0 bridgehead atoms. The van der Waals surface area contributed by atoms with E-state index in [4.69, 9.17) is 0 Å². The van der Waals surface area contributed by atoms with Gasteiger partial charge in [0.2, 0.25) is 0 Å². The summed E-state index contributed by atoms with van der Waals surface area (Å²) in [5, 5.41) is 11.0. The lowest BCUT2D eigenvalue weighted by molar-refractivity contribution is 0.112. The quantitative estimate of drug-likeness (QED) is 0.822. The summed E-state index contributed by atoms with van der Waals surface area (Å²) in [6.45, 7) is 1.68. The molecule has 0 saturated carbocycles. The van der Waals surface area contributed by atoms with Crippen LogP contribution in [0, 0.1) is 5.82 Å². The Balaban J connectivity index is 2.01. The summed E-state index contributed by atoms with van der Waals surface area (Å²) in [6.07, 6.45) is 2.11. The summed E-state index contributed by atoms with van der Waals surface area (Å²) in [5.41, 5.74) is 1.50. The monoisotopic (exact) mass is 246 g/mol. The SMILES string of the molecule is O=Cc1ccc(-c2cnnn2C2CNC2)cc1F. The Morgan fingerprint density at radius 2 is 2.28 bits per heavy atom. The summed E-state index contributed by atoms with van der Waals surface area (Å²) in [7, 11) is 0. The fourth-order valence-electron chi connectivity index (χ4n) is 1.95. The van der Waals surface area contributed by atoms with Crippen molar-refractivity contribution in [3.63, 3.8) is 0 Å². The Kier molecular flexibility index (Phi) is 2.64. The fraction of sp³-hybridized carbons (Fsp3) is 0.250. The number of aromatic nitrogens is 3. The van der Waals surface area contributed by atoms with Crippen molar-refractivity contribution in [2.75, 3.05) is 13.1 Å². The largest absolute Gasteiger partial charge is 0.312 e. The summed E-state index contributed by atoms with van der Waals surface area (Å²) in [5.74, 6) is -0.526. The van der Waals surface area contributed by atoms with Gasteiger partial charge in [-0.1, -0.05) is 11.3 Å². The Hall–Kier alpha value is -2.08. The van der Waals surface area contributed by atoms with Gasteiger partial charge in [-0.05, 0) is 12.1 Å². The van der Waals surface area contributed by atoms with Crippen LogP contribution < -0.4 is 5.32 Å². The second-order valence-electron chi connectivity index (χ2n) is 4.23. The highest BCUT2D eigenvalue weighted by atomic mass is 19.1. The normalized spacial score (nSPS) is 15.4. The van der Waals surface area contributed by atoms with E-state index in [0.717, 1.165) is 18.8 Å². The zero-order chi connectivity index (χ0) is 12.5. The standard InChI is InChI=1S/C12H11FN4O/c13-11-3-8(1-2-9(11)7-18)12-6-15-16-17(12)10-4-14-5-10/h1-3,6-7,10,14H,4-5H2. The summed E-state index contributed by atoms with van der Waals surface area (Å²) in [6, 6.07) is 4.77. The fourth-order valence-corrected chi connectivity index (χ4v) is 1.95. The van der Waals surface area contributed by atoms with Crippen LogP contribution in [0.4, 0.5) is 4.39 Å². The van der Waals surface area contributed by atoms with E-state index in [1.165, 1.54) is 12.1 Å². The van der Waals surface area contributed by atoms with Crippen molar-refractivity contribution in [1.29, 1.82) is 0 Å². The summed E-state index contributed by atoms with van der Waals surface area (Å²) in [4.78, 5) is 10.6. The molecular weight excluding hydrogens is 235 g/mol. The third-order valence-corrected chi connectivity index (χ3v) is 3.10. The van der Waals surface area contributed by atoms with Crippen LogP contribution in [0.5, 0.6) is 0 Å². The van der Waals surface area contributed by atoms with Crippen molar-refractivity contribution in [3.8, 4) is 11.3 Å². The number of aldehydes is 1. The molecule has 1 aliphatic rings. The average Bonchev–Trinajstić information content (AvgIpc) is 2.75. The summed E-state index contributed by atoms with van der Waals surface area (Å²) >= 11 is 0. The van der Waals surface area contributed by atoms with Crippen LogP contribution in [0.25, 0.3) is 11.3 Å². The second-order valence-corrected chi connectivity index (χ2v) is 4.23. The van der Waals surface area contributed by atoms with Crippen LogP contribution >= 0.6 is 0 Å². The smallest absolute Gasteiger partial charge is 0.152 e. The molecule has 0 aliphatic carbocycles.